The lowest BCUT2D eigenvalue weighted by molar-refractivity contribution is 0.102. The third-order valence-electron chi connectivity index (χ3n) is 7.89. The van der Waals surface area contributed by atoms with Crippen LogP contribution in [0.3, 0.4) is 0 Å². The van der Waals surface area contributed by atoms with Gasteiger partial charge in [-0.25, -0.2) is 0 Å². The van der Waals surface area contributed by atoms with Crippen molar-refractivity contribution in [2.45, 2.75) is 19.4 Å². The molecule has 232 valence electrons. The standard InChI is InChI=1S/C33H34N6O5S/c1-41-28-15-22-10-13-38(19-24(22)16-29(28)42-2)12-9-21-5-7-25(8-6-21)39-36-32(35-37-39)26-17-30(43-3)31(44-4)18-27(26)34-33(40)23-11-14-45-20-23/h5-8,11,14-18,20H,9-10,12-13,19H2,1-4H3,(H,34,40). The molecule has 2 aromatic heterocycles. The summed E-state index contributed by atoms with van der Waals surface area (Å²) >= 11 is 1.45. The van der Waals surface area contributed by atoms with Crippen LogP contribution in [0.5, 0.6) is 23.0 Å². The first-order valence-electron chi connectivity index (χ1n) is 14.4. The SMILES string of the molecule is COc1cc2c(cc1OC)CN(CCc1ccc(-n3nnc(-c4cc(OC)c(OC)cc4NC(=O)c4ccsc4)n3)cc1)CC2. The van der Waals surface area contributed by atoms with E-state index in [1.165, 1.54) is 32.8 Å². The van der Waals surface area contributed by atoms with Gasteiger partial charge in [0.25, 0.3) is 5.91 Å². The predicted molar refractivity (Wildman–Crippen MR) is 172 cm³/mol. The maximum Gasteiger partial charge on any atom is 0.256 e. The highest BCUT2D eigenvalue weighted by Crippen LogP contribution is 2.38. The van der Waals surface area contributed by atoms with Crippen molar-refractivity contribution in [1.29, 1.82) is 0 Å². The number of nitrogens with one attached hydrogen (secondary N) is 1. The maximum atomic E-state index is 12.9. The Labute approximate surface area is 265 Å². The van der Waals surface area contributed by atoms with Crippen LogP contribution in [-0.2, 0) is 19.4 Å². The van der Waals surface area contributed by atoms with Crippen LogP contribution >= 0.6 is 11.3 Å². The van der Waals surface area contributed by atoms with Crippen molar-refractivity contribution < 1.29 is 23.7 Å². The van der Waals surface area contributed by atoms with Crippen molar-refractivity contribution in [3.05, 3.63) is 87.6 Å². The lowest BCUT2D eigenvalue weighted by atomic mass is 9.98. The summed E-state index contributed by atoms with van der Waals surface area (Å²) in [7, 11) is 6.44. The van der Waals surface area contributed by atoms with Gasteiger partial charge in [0, 0.05) is 31.1 Å². The smallest absolute Gasteiger partial charge is 0.256 e. The molecule has 1 aliphatic heterocycles. The van der Waals surface area contributed by atoms with Gasteiger partial charge in [-0.05, 0) is 76.5 Å². The molecule has 3 aromatic carbocycles. The molecule has 1 aliphatic rings. The van der Waals surface area contributed by atoms with Crippen LogP contribution in [0.2, 0.25) is 0 Å². The summed E-state index contributed by atoms with van der Waals surface area (Å²) in [6.07, 6.45) is 1.89. The van der Waals surface area contributed by atoms with Crippen molar-refractivity contribution in [3.63, 3.8) is 0 Å². The zero-order valence-electron chi connectivity index (χ0n) is 25.6. The minimum atomic E-state index is -0.249. The van der Waals surface area contributed by atoms with E-state index in [1.807, 2.05) is 17.5 Å². The van der Waals surface area contributed by atoms with Crippen molar-refractivity contribution >= 4 is 22.9 Å². The largest absolute Gasteiger partial charge is 0.493 e. The van der Waals surface area contributed by atoms with E-state index in [4.69, 9.17) is 18.9 Å². The average Bonchev–Trinajstić information content (AvgIpc) is 3.80. The number of anilines is 1. The van der Waals surface area contributed by atoms with Gasteiger partial charge >= 0.3 is 0 Å². The maximum absolute atomic E-state index is 12.9. The van der Waals surface area contributed by atoms with Crippen LogP contribution < -0.4 is 24.3 Å². The molecule has 45 heavy (non-hydrogen) atoms. The number of carbonyl (C=O) groups is 1. The number of fused-ring (bicyclic) bond motifs is 1. The zero-order chi connectivity index (χ0) is 31.3. The lowest BCUT2D eigenvalue weighted by Crippen LogP contribution is -2.32. The third kappa shape index (κ3) is 6.47. The summed E-state index contributed by atoms with van der Waals surface area (Å²) < 4.78 is 22.0. The number of ether oxygens (including phenoxy) is 4. The lowest BCUT2D eigenvalue weighted by Gasteiger charge is -2.29. The molecule has 0 saturated heterocycles. The first-order chi connectivity index (χ1) is 22.0. The molecule has 0 radical (unpaired) electrons. The van der Waals surface area contributed by atoms with Crippen LogP contribution in [0, 0.1) is 0 Å². The molecule has 0 bridgehead atoms. The number of rotatable bonds is 11. The molecule has 0 fully saturated rings. The number of benzene rings is 3. The average molecular weight is 627 g/mol. The van der Waals surface area contributed by atoms with Gasteiger partial charge in [-0.15, -0.1) is 15.0 Å². The minimum Gasteiger partial charge on any atom is -0.493 e. The Kier molecular flexibility index (Phi) is 8.94. The fourth-order valence-corrected chi connectivity index (χ4v) is 6.04. The zero-order valence-corrected chi connectivity index (χ0v) is 26.4. The molecule has 1 amide bonds. The molecular weight excluding hydrogens is 592 g/mol. The van der Waals surface area contributed by atoms with E-state index in [1.54, 1.807) is 52.0 Å². The van der Waals surface area contributed by atoms with Crippen LogP contribution in [0.1, 0.15) is 27.0 Å². The predicted octanol–water partition coefficient (Wildman–Crippen LogP) is 5.28. The molecule has 0 saturated carbocycles. The highest BCUT2D eigenvalue weighted by Gasteiger charge is 2.21. The van der Waals surface area contributed by atoms with Gasteiger partial charge in [-0.3, -0.25) is 9.69 Å². The third-order valence-corrected chi connectivity index (χ3v) is 8.57. The first-order valence-corrected chi connectivity index (χ1v) is 15.4. The number of thiophene rings is 1. The topological polar surface area (TPSA) is 113 Å². The molecule has 3 heterocycles. The van der Waals surface area contributed by atoms with Crippen LogP contribution in [0.4, 0.5) is 5.69 Å². The Hall–Kier alpha value is -4.94. The van der Waals surface area contributed by atoms with E-state index >= 15 is 0 Å². The van der Waals surface area contributed by atoms with E-state index in [9.17, 15) is 4.79 Å². The molecule has 11 nitrogen and oxygen atoms in total. The number of nitrogens with zero attached hydrogens (tertiary/aromatic N) is 5. The highest BCUT2D eigenvalue weighted by molar-refractivity contribution is 7.08. The van der Waals surface area contributed by atoms with Gasteiger partial charge in [-0.2, -0.15) is 11.3 Å². The fraction of sp³-hybridized carbons (Fsp3) is 0.273. The summed E-state index contributed by atoms with van der Waals surface area (Å²) in [6.45, 7) is 2.82. The number of hydrogen-bond donors (Lipinski definition) is 1. The molecule has 6 rings (SSSR count). The molecule has 0 aliphatic carbocycles. The van der Waals surface area contributed by atoms with Gasteiger partial charge in [0.1, 0.15) is 0 Å². The number of carbonyl (C=O) groups excluding carboxylic acids is 1. The minimum absolute atomic E-state index is 0.249. The fourth-order valence-electron chi connectivity index (χ4n) is 5.40. The van der Waals surface area contributed by atoms with Crippen molar-refractivity contribution in [1.82, 2.24) is 25.1 Å². The van der Waals surface area contributed by atoms with Gasteiger partial charge in [0.05, 0.1) is 50.9 Å². The monoisotopic (exact) mass is 626 g/mol. The van der Waals surface area contributed by atoms with Crippen LogP contribution in [0.25, 0.3) is 17.1 Å². The van der Waals surface area contributed by atoms with E-state index in [-0.39, 0.29) is 5.91 Å². The molecule has 5 aromatic rings. The number of methoxy groups -OCH3 is 4. The first kappa shape index (κ1) is 30.1. The Morgan fingerprint density at radius 1 is 0.889 bits per heavy atom. The van der Waals surface area contributed by atoms with Crippen molar-refractivity contribution in [2.24, 2.45) is 0 Å². The summed E-state index contributed by atoms with van der Waals surface area (Å²) in [5, 5.41) is 19.8. The van der Waals surface area contributed by atoms with Crippen molar-refractivity contribution in [3.8, 4) is 40.1 Å². The second kappa shape index (κ2) is 13.4. The molecule has 12 heteroatoms. The Morgan fingerprint density at radius 2 is 1.58 bits per heavy atom. The number of aromatic nitrogens is 4. The van der Waals surface area contributed by atoms with Gasteiger partial charge in [0.15, 0.2) is 23.0 Å². The van der Waals surface area contributed by atoms with E-state index in [0.717, 1.165) is 49.7 Å². The molecule has 1 N–H and O–H groups in total. The van der Waals surface area contributed by atoms with Crippen LogP contribution in [-0.4, -0.2) is 72.5 Å². The summed E-state index contributed by atoms with van der Waals surface area (Å²) in [5.74, 6) is 2.59. The highest BCUT2D eigenvalue weighted by atomic mass is 32.1. The Morgan fingerprint density at radius 3 is 2.27 bits per heavy atom. The van der Waals surface area contributed by atoms with Crippen LogP contribution in [0.15, 0.2) is 65.4 Å². The molecule has 0 spiro atoms. The quantitative estimate of drug-likeness (QED) is 0.209. The van der Waals surface area contributed by atoms with Gasteiger partial charge in [0.2, 0.25) is 5.82 Å². The summed E-state index contributed by atoms with van der Waals surface area (Å²) in [6, 6.07) is 17.5. The molecule has 0 unspecified atom stereocenters. The van der Waals surface area contributed by atoms with Gasteiger partial charge in [-0.1, -0.05) is 12.1 Å². The Balaban J connectivity index is 1.15. The van der Waals surface area contributed by atoms with E-state index < -0.39 is 0 Å². The number of hydrogen-bond acceptors (Lipinski definition) is 10. The number of tetrazole rings is 1. The second-order valence-corrected chi connectivity index (χ2v) is 11.3. The Bertz CT molecular complexity index is 1790. The normalized spacial score (nSPS) is 12.8. The summed E-state index contributed by atoms with van der Waals surface area (Å²) in [4.78, 5) is 16.8. The summed E-state index contributed by atoms with van der Waals surface area (Å²) in [5.41, 5.74) is 6.19. The molecule has 0 atom stereocenters. The number of amides is 1. The molecular formula is C33H34N6O5S. The van der Waals surface area contributed by atoms with E-state index in [2.05, 4.69) is 49.9 Å². The van der Waals surface area contributed by atoms with E-state index in [0.29, 0.717) is 34.1 Å². The van der Waals surface area contributed by atoms with Crippen molar-refractivity contribution in [2.75, 3.05) is 46.8 Å². The second-order valence-electron chi connectivity index (χ2n) is 10.5. The van der Waals surface area contributed by atoms with Gasteiger partial charge < -0.3 is 24.3 Å².